The lowest BCUT2D eigenvalue weighted by Gasteiger charge is -2.40. The van der Waals surface area contributed by atoms with E-state index in [1.165, 1.54) is 24.0 Å². The first-order valence-electron chi connectivity index (χ1n) is 7.76. The molecule has 1 aliphatic heterocycles. The molecule has 3 heteroatoms. The molecule has 0 aromatic heterocycles. The molecule has 0 bridgehead atoms. The van der Waals surface area contributed by atoms with Crippen LogP contribution in [-0.4, -0.2) is 28.1 Å². The summed E-state index contributed by atoms with van der Waals surface area (Å²) < 4.78 is 0. The highest BCUT2D eigenvalue weighted by molar-refractivity contribution is 5.74. The maximum Gasteiger partial charge on any atom is 0.321 e. The van der Waals surface area contributed by atoms with E-state index in [0.29, 0.717) is 18.4 Å². The number of aliphatic carboxylic acids is 1. The maximum atomic E-state index is 11.7. The Kier molecular flexibility index (Phi) is 3.79. The zero-order chi connectivity index (χ0) is 14.1. The molecule has 1 aromatic rings. The Hall–Kier alpha value is -1.35. The highest BCUT2D eigenvalue weighted by Gasteiger charge is 2.40. The lowest BCUT2D eigenvalue weighted by Crippen LogP contribution is -2.51. The second kappa shape index (κ2) is 5.57. The number of carboxylic acid groups (broad SMARTS) is 1. The molecule has 2 aliphatic rings. The van der Waals surface area contributed by atoms with Crippen LogP contribution in [0.1, 0.15) is 43.7 Å². The third kappa shape index (κ3) is 2.35. The van der Waals surface area contributed by atoms with E-state index in [1.807, 2.05) is 6.07 Å². The van der Waals surface area contributed by atoms with Crippen molar-refractivity contribution in [2.75, 3.05) is 0 Å². The van der Waals surface area contributed by atoms with E-state index in [-0.39, 0.29) is 6.04 Å². The van der Waals surface area contributed by atoms with E-state index in [0.717, 1.165) is 19.4 Å². The van der Waals surface area contributed by atoms with E-state index < -0.39 is 5.97 Å². The zero-order valence-corrected chi connectivity index (χ0v) is 12.1. The Balaban J connectivity index is 1.90. The number of hydrogen-bond donors (Lipinski definition) is 1. The van der Waals surface area contributed by atoms with Gasteiger partial charge in [0.2, 0.25) is 0 Å². The fourth-order valence-corrected chi connectivity index (χ4v) is 4.05. The summed E-state index contributed by atoms with van der Waals surface area (Å²) in [4.78, 5) is 14.0. The Labute approximate surface area is 120 Å². The molecule has 1 aliphatic carbocycles. The maximum absolute atomic E-state index is 11.7. The molecule has 0 radical (unpaired) electrons. The molecule has 1 aromatic carbocycles. The second-order valence-electron chi connectivity index (χ2n) is 6.17. The van der Waals surface area contributed by atoms with Gasteiger partial charge in [0.25, 0.3) is 0 Å². The van der Waals surface area contributed by atoms with Gasteiger partial charge in [0.1, 0.15) is 6.04 Å². The molecule has 1 N–H and O–H groups in total. The van der Waals surface area contributed by atoms with Crippen LogP contribution >= 0.6 is 0 Å². The first-order chi connectivity index (χ1) is 9.70. The van der Waals surface area contributed by atoms with Crippen LogP contribution in [-0.2, 0) is 17.8 Å². The van der Waals surface area contributed by atoms with Crippen molar-refractivity contribution in [3.05, 3.63) is 35.4 Å². The molecule has 0 amide bonds. The predicted molar refractivity (Wildman–Crippen MR) is 78.5 cm³/mol. The molecule has 1 fully saturated rings. The third-order valence-corrected chi connectivity index (χ3v) is 5.14. The average Bonchev–Trinajstić information content (AvgIpc) is 2.94. The number of benzene rings is 1. The molecule has 3 unspecified atom stereocenters. The van der Waals surface area contributed by atoms with Gasteiger partial charge in [-0.15, -0.1) is 0 Å². The number of carbonyl (C=O) groups is 1. The van der Waals surface area contributed by atoms with Gasteiger partial charge in [-0.05, 0) is 36.3 Å². The first-order valence-corrected chi connectivity index (χ1v) is 7.76. The summed E-state index contributed by atoms with van der Waals surface area (Å²) in [7, 11) is 0. The minimum Gasteiger partial charge on any atom is -0.480 e. The number of nitrogens with zero attached hydrogens (tertiary/aromatic N) is 1. The van der Waals surface area contributed by atoms with Crippen molar-refractivity contribution >= 4 is 5.97 Å². The van der Waals surface area contributed by atoms with E-state index in [9.17, 15) is 9.90 Å². The fraction of sp³-hybridized carbons (Fsp3) is 0.588. The molecule has 1 heterocycles. The molecule has 1 saturated carbocycles. The SMILES string of the molecule is CCC1CCCC1N1Cc2ccccc2CC1C(=O)O. The summed E-state index contributed by atoms with van der Waals surface area (Å²) >= 11 is 0. The van der Waals surface area contributed by atoms with Crippen LogP contribution in [0.2, 0.25) is 0 Å². The van der Waals surface area contributed by atoms with Gasteiger partial charge in [-0.25, -0.2) is 0 Å². The van der Waals surface area contributed by atoms with E-state index in [1.54, 1.807) is 0 Å². The lowest BCUT2D eigenvalue weighted by molar-refractivity contribution is -0.145. The summed E-state index contributed by atoms with van der Waals surface area (Å²) in [6.45, 7) is 3.03. The summed E-state index contributed by atoms with van der Waals surface area (Å²) in [5.41, 5.74) is 2.52. The highest BCUT2D eigenvalue weighted by Crippen LogP contribution is 2.36. The minimum absolute atomic E-state index is 0.345. The van der Waals surface area contributed by atoms with Gasteiger partial charge in [0, 0.05) is 12.6 Å². The zero-order valence-electron chi connectivity index (χ0n) is 12.1. The number of carboxylic acids is 1. The summed E-state index contributed by atoms with van der Waals surface area (Å²) in [5, 5.41) is 9.61. The Morgan fingerprint density at radius 1 is 1.30 bits per heavy atom. The monoisotopic (exact) mass is 273 g/mol. The van der Waals surface area contributed by atoms with Crippen LogP contribution in [0.25, 0.3) is 0 Å². The molecule has 3 nitrogen and oxygen atoms in total. The highest BCUT2D eigenvalue weighted by atomic mass is 16.4. The molecule has 20 heavy (non-hydrogen) atoms. The van der Waals surface area contributed by atoms with Gasteiger partial charge in [0.15, 0.2) is 0 Å². The normalized spacial score (nSPS) is 30.1. The van der Waals surface area contributed by atoms with E-state index >= 15 is 0 Å². The minimum atomic E-state index is -0.666. The Bertz CT molecular complexity index is 500. The van der Waals surface area contributed by atoms with Gasteiger partial charge in [-0.1, -0.05) is 44.0 Å². The van der Waals surface area contributed by atoms with Crippen molar-refractivity contribution in [2.45, 2.75) is 57.7 Å². The van der Waals surface area contributed by atoms with Crippen molar-refractivity contribution in [3.8, 4) is 0 Å². The van der Waals surface area contributed by atoms with E-state index in [4.69, 9.17) is 0 Å². The molecular formula is C17H23NO2. The molecule has 3 rings (SSSR count). The van der Waals surface area contributed by atoms with E-state index in [2.05, 4.69) is 30.0 Å². The van der Waals surface area contributed by atoms with Crippen LogP contribution in [0, 0.1) is 5.92 Å². The smallest absolute Gasteiger partial charge is 0.321 e. The molecule has 108 valence electrons. The van der Waals surface area contributed by atoms with Gasteiger partial charge >= 0.3 is 5.97 Å². The van der Waals surface area contributed by atoms with Crippen molar-refractivity contribution in [2.24, 2.45) is 5.92 Å². The van der Waals surface area contributed by atoms with Crippen molar-refractivity contribution in [1.82, 2.24) is 4.90 Å². The average molecular weight is 273 g/mol. The fourth-order valence-electron chi connectivity index (χ4n) is 4.05. The largest absolute Gasteiger partial charge is 0.480 e. The molecule has 3 atom stereocenters. The summed E-state index contributed by atoms with van der Waals surface area (Å²) in [5.74, 6) is 0.00312. The first kappa shape index (κ1) is 13.6. The second-order valence-corrected chi connectivity index (χ2v) is 6.17. The van der Waals surface area contributed by atoms with Crippen molar-refractivity contribution in [1.29, 1.82) is 0 Å². The molecule has 0 spiro atoms. The van der Waals surface area contributed by atoms with Gasteiger partial charge in [-0.3, -0.25) is 9.69 Å². The summed E-state index contributed by atoms with van der Waals surface area (Å²) in [6.07, 6.45) is 5.47. The molecule has 0 saturated heterocycles. The Morgan fingerprint density at radius 3 is 2.75 bits per heavy atom. The van der Waals surface area contributed by atoms with Gasteiger partial charge < -0.3 is 5.11 Å². The van der Waals surface area contributed by atoms with Gasteiger partial charge in [0.05, 0.1) is 0 Å². The van der Waals surface area contributed by atoms with Gasteiger partial charge in [-0.2, -0.15) is 0 Å². The summed E-state index contributed by atoms with van der Waals surface area (Å²) in [6, 6.07) is 8.41. The molecular weight excluding hydrogens is 250 g/mol. The van der Waals surface area contributed by atoms with Crippen molar-refractivity contribution in [3.63, 3.8) is 0 Å². The quantitative estimate of drug-likeness (QED) is 0.920. The number of hydrogen-bond acceptors (Lipinski definition) is 2. The lowest BCUT2D eigenvalue weighted by atomic mass is 9.89. The van der Waals surface area contributed by atoms with Crippen LogP contribution in [0.5, 0.6) is 0 Å². The third-order valence-electron chi connectivity index (χ3n) is 5.14. The van der Waals surface area contributed by atoms with Crippen LogP contribution in [0.3, 0.4) is 0 Å². The number of fused-ring (bicyclic) bond motifs is 1. The van der Waals surface area contributed by atoms with Crippen LogP contribution in [0.15, 0.2) is 24.3 Å². The van der Waals surface area contributed by atoms with Crippen molar-refractivity contribution < 1.29 is 9.90 Å². The predicted octanol–water partition coefficient (Wildman–Crippen LogP) is 3.08. The number of rotatable bonds is 3. The van der Waals surface area contributed by atoms with Crippen LogP contribution in [0.4, 0.5) is 0 Å². The van der Waals surface area contributed by atoms with Crippen LogP contribution < -0.4 is 0 Å². The topological polar surface area (TPSA) is 40.5 Å². The Morgan fingerprint density at radius 2 is 2.05 bits per heavy atom. The standard InChI is InChI=1S/C17H23NO2/c1-2-12-8-5-9-15(12)18-11-14-7-4-3-6-13(14)10-16(18)17(19)20/h3-4,6-7,12,15-16H,2,5,8-11H2,1H3,(H,19,20).